The van der Waals surface area contributed by atoms with Gasteiger partial charge in [-0.1, -0.05) is 97.2 Å². The maximum atomic E-state index is 14.5. The standard InChI is InChI=1S/C41H60N6O7/c1-11-13-18-29(33(49)36(51)42-20-12-2)43-35(50)32-27(22-25(3)4)19-21-46(32)38(53)34(41(8,9)10)45-39(54)44-30(40(5,6)7)24-47-31(48)23-26-16-14-15-17-28(26)37(47)52/h12,14-17,22,27,29-30,32,34H,2,11,13,18-21,23-24H2,1,3-10H3,(H,42,51)(H,43,50)(H2,44,45,54)/t27-,29?,30-,32+,34-/m1/s1. The van der Waals surface area contributed by atoms with Crippen LogP contribution >= 0.6 is 0 Å². The zero-order valence-electron chi connectivity index (χ0n) is 33.5. The number of carbonyl (C=O) groups excluding carboxylic acids is 7. The highest BCUT2D eigenvalue weighted by molar-refractivity contribution is 6.38. The lowest BCUT2D eigenvalue weighted by molar-refractivity contribution is -0.144. The Morgan fingerprint density at radius 3 is 2.22 bits per heavy atom. The van der Waals surface area contributed by atoms with E-state index in [0.717, 1.165) is 12.0 Å². The molecule has 3 rings (SSSR count). The number of fused-ring (bicyclic) bond motifs is 1. The van der Waals surface area contributed by atoms with Crippen molar-refractivity contribution in [2.24, 2.45) is 16.7 Å². The number of allylic oxidation sites excluding steroid dienone is 1. The molecule has 0 radical (unpaired) electrons. The maximum Gasteiger partial charge on any atom is 0.315 e. The predicted molar refractivity (Wildman–Crippen MR) is 207 cm³/mol. The Kier molecular flexibility index (Phi) is 14.9. The largest absolute Gasteiger partial charge is 0.346 e. The van der Waals surface area contributed by atoms with E-state index in [1.165, 1.54) is 15.9 Å². The van der Waals surface area contributed by atoms with Crippen LogP contribution in [0.15, 0.2) is 48.6 Å². The number of unbranched alkanes of at least 4 members (excludes halogenated alkanes) is 1. The summed E-state index contributed by atoms with van der Waals surface area (Å²) < 4.78 is 0. The highest BCUT2D eigenvalue weighted by atomic mass is 16.2. The number of hydrogen-bond acceptors (Lipinski definition) is 7. The Morgan fingerprint density at radius 1 is 0.963 bits per heavy atom. The third kappa shape index (κ3) is 11.1. The average molecular weight is 749 g/mol. The van der Waals surface area contributed by atoms with Crippen molar-refractivity contribution in [1.29, 1.82) is 0 Å². The first-order chi connectivity index (χ1) is 25.2. The second-order valence-corrected chi connectivity index (χ2v) is 16.7. The lowest BCUT2D eigenvalue weighted by atomic mass is 9.84. The van der Waals surface area contributed by atoms with Crippen molar-refractivity contribution in [3.05, 3.63) is 59.7 Å². The highest BCUT2D eigenvalue weighted by Crippen LogP contribution is 2.31. The van der Waals surface area contributed by atoms with Gasteiger partial charge in [-0.05, 0) is 49.1 Å². The summed E-state index contributed by atoms with van der Waals surface area (Å²) in [6, 6.07) is 2.43. The van der Waals surface area contributed by atoms with Crippen LogP contribution in [0.4, 0.5) is 4.79 Å². The molecule has 5 atom stereocenters. The van der Waals surface area contributed by atoms with Crippen LogP contribution in [-0.4, -0.2) is 95.0 Å². The average Bonchev–Trinajstić information content (AvgIpc) is 3.50. The summed E-state index contributed by atoms with van der Waals surface area (Å²) in [5.74, 6) is -3.80. The predicted octanol–water partition coefficient (Wildman–Crippen LogP) is 4.07. The van der Waals surface area contributed by atoms with Crippen LogP contribution in [0, 0.1) is 16.7 Å². The van der Waals surface area contributed by atoms with Gasteiger partial charge in [0, 0.05) is 31.1 Å². The van der Waals surface area contributed by atoms with Crippen molar-refractivity contribution in [3.8, 4) is 0 Å². The number of urea groups is 1. The summed E-state index contributed by atoms with van der Waals surface area (Å²) in [6.45, 7) is 20.6. The SMILES string of the molecule is C=CCNC(=O)C(=O)C(CCCC)NC(=O)[C@@H]1[C@@H](C=C(C)C)CCN1C(=O)[C@@H](NC(=O)N[C@H](CN1C(=O)Cc2ccccc2C1=O)C(C)(C)C)C(C)(C)C. The number of rotatable bonds is 15. The van der Waals surface area contributed by atoms with Gasteiger partial charge in [0.25, 0.3) is 11.8 Å². The molecule has 4 N–H and O–H groups in total. The molecule has 0 spiro atoms. The maximum absolute atomic E-state index is 14.5. The number of benzene rings is 1. The minimum Gasteiger partial charge on any atom is -0.346 e. The van der Waals surface area contributed by atoms with E-state index in [2.05, 4.69) is 27.8 Å². The Hall–Kier alpha value is -4.81. The summed E-state index contributed by atoms with van der Waals surface area (Å²) in [5.41, 5.74) is 0.639. The summed E-state index contributed by atoms with van der Waals surface area (Å²) in [7, 11) is 0. The lowest BCUT2D eigenvalue weighted by Gasteiger charge is -2.39. The van der Waals surface area contributed by atoms with Gasteiger partial charge in [-0.15, -0.1) is 6.58 Å². The van der Waals surface area contributed by atoms with Crippen molar-refractivity contribution >= 4 is 41.4 Å². The summed E-state index contributed by atoms with van der Waals surface area (Å²) in [5, 5.41) is 11.1. The number of Topliss-reactive ketones (excluding diaryl/α,β-unsaturated/α-hetero) is 1. The van der Waals surface area contributed by atoms with Gasteiger partial charge in [-0.25, -0.2) is 4.79 Å². The summed E-state index contributed by atoms with van der Waals surface area (Å²) in [6.07, 6.45) is 5.49. The van der Waals surface area contributed by atoms with Crippen molar-refractivity contribution in [2.45, 2.75) is 119 Å². The molecule has 13 nitrogen and oxygen atoms in total. The van der Waals surface area contributed by atoms with E-state index in [1.807, 2.05) is 47.6 Å². The summed E-state index contributed by atoms with van der Waals surface area (Å²) >= 11 is 0. The topological polar surface area (TPSA) is 174 Å². The molecule has 0 bridgehead atoms. The van der Waals surface area contributed by atoms with Gasteiger partial charge in [0.2, 0.25) is 23.5 Å². The van der Waals surface area contributed by atoms with Gasteiger partial charge < -0.3 is 26.2 Å². The molecule has 54 heavy (non-hydrogen) atoms. The fourth-order valence-corrected chi connectivity index (χ4v) is 6.80. The molecule has 13 heteroatoms. The second kappa shape index (κ2) is 18.5. The normalized spacial score (nSPS) is 18.8. The van der Waals surface area contributed by atoms with E-state index < -0.39 is 70.4 Å². The van der Waals surface area contributed by atoms with E-state index in [4.69, 9.17) is 0 Å². The van der Waals surface area contributed by atoms with Crippen molar-refractivity contribution in [3.63, 3.8) is 0 Å². The Bertz CT molecular complexity index is 1630. The fourth-order valence-electron chi connectivity index (χ4n) is 6.80. The smallest absolute Gasteiger partial charge is 0.315 e. The fraction of sp³-hybridized carbons (Fsp3) is 0.585. The third-order valence-electron chi connectivity index (χ3n) is 9.89. The van der Waals surface area contributed by atoms with Gasteiger partial charge in [0.05, 0.1) is 18.5 Å². The van der Waals surface area contributed by atoms with E-state index in [-0.39, 0.29) is 44.3 Å². The Balaban J connectivity index is 1.87. The molecule has 1 aromatic carbocycles. The molecule has 296 valence electrons. The molecule has 0 saturated carbocycles. The Labute approximate surface area is 320 Å². The molecule has 1 saturated heterocycles. The van der Waals surface area contributed by atoms with E-state index >= 15 is 0 Å². The number of carbonyl (C=O) groups is 7. The molecular weight excluding hydrogens is 688 g/mol. The molecule has 0 aliphatic carbocycles. The number of nitrogens with zero attached hydrogens (tertiary/aromatic N) is 2. The van der Waals surface area contributed by atoms with E-state index in [9.17, 15) is 33.6 Å². The number of likely N-dealkylation sites (tertiary alicyclic amines) is 1. The van der Waals surface area contributed by atoms with Crippen molar-refractivity contribution < 1.29 is 33.6 Å². The van der Waals surface area contributed by atoms with Gasteiger partial charge in [-0.2, -0.15) is 0 Å². The van der Waals surface area contributed by atoms with Crippen LogP contribution in [0.3, 0.4) is 0 Å². The number of nitrogens with one attached hydrogen (secondary N) is 4. The minimum atomic E-state index is -1.09. The molecule has 2 heterocycles. The van der Waals surface area contributed by atoms with Crippen LogP contribution in [0.1, 0.15) is 104 Å². The monoisotopic (exact) mass is 748 g/mol. The molecule has 7 amide bonds. The quantitative estimate of drug-likeness (QED) is 0.119. The zero-order chi connectivity index (χ0) is 40.5. The molecule has 2 aliphatic heterocycles. The highest BCUT2D eigenvalue weighted by Gasteiger charge is 2.47. The molecular formula is C41H60N6O7. The Morgan fingerprint density at radius 2 is 1.63 bits per heavy atom. The van der Waals surface area contributed by atoms with E-state index in [0.29, 0.717) is 24.0 Å². The number of imide groups is 1. The minimum absolute atomic E-state index is 0.0694. The van der Waals surface area contributed by atoms with Crippen molar-refractivity contribution in [2.75, 3.05) is 19.6 Å². The van der Waals surface area contributed by atoms with Gasteiger partial charge in [0.1, 0.15) is 12.1 Å². The van der Waals surface area contributed by atoms with Crippen LogP contribution in [0.2, 0.25) is 0 Å². The first kappa shape index (κ1) is 43.6. The van der Waals surface area contributed by atoms with Gasteiger partial charge in [-0.3, -0.25) is 33.7 Å². The molecule has 2 aliphatic rings. The van der Waals surface area contributed by atoms with Gasteiger partial charge in [0.15, 0.2) is 0 Å². The molecule has 1 aromatic rings. The van der Waals surface area contributed by atoms with Gasteiger partial charge >= 0.3 is 6.03 Å². The van der Waals surface area contributed by atoms with Crippen LogP contribution < -0.4 is 21.3 Å². The number of ketones is 1. The first-order valence-corrected chi connectivity index (χ1v) is 18.9. The molecule has 1 fully saturated rings. The van der Waals surface area contributed by atoms with Crippen LogP contribution in [-0.2, 0) is 30.4 Å². The lowest BCUT2D eigenvalue weighted by Crippen LogP contribution is -2.62. The van der Waals surface area contributed by atoms with Crippen LogP contribution in [0.5, 0.6) is 0 Å². The second-order valence-electron chi connectivity index (χ2n) is 16.7. The molecule has 1 unspecified atom stereocenters. The van der Waals surface area contributed by atoms with Crippen molar-refractivity contribution in [1.82, 2.24) is 31.1 Å². The molecule has 0 aromatic heterocycles. The number of hydrogen-bond donors (Lipinski definition) is 4. The third-order valence-corrected chi connectivity index (χ3v) is 9.89. The zero-order valence-corrected chi connectivity index (χ0v) is 33.5. The summed E-state index contributed by atoms with van der Waals surface area (Å²) in [4.78, 5) is 97.4. The first-order valence-electron chi connectivity index (χ1n) is 18.9. The number of amides is 7. The van der Waals surface area contributed by atoms with E-state index in [1.54, 1.807) is 45.0 Å². The van der Waals surface area contributed by atoms with Crippen LogP contribution in [0.25, 0.3) is 0 Å².